The lowest BCUT2D eigenvalue weighted by Crippen LogP contribution is -2.28. The fourth-order valence-corrected chi connectivity index (χ4v) is 2.70. The number of hydrogen-bond acceptors (Lipinski definition) is 8. The number of alkyl halides is 3. The van der Waals surface area contributed by atoms with Crippen molar-refractivity contribution < 1.29 is 36.4 Å². The van der Waals surface area contributed by atoms with Crippen LogP contribution in [0.3, 0.4) is 0 Å². The first kappa shape index (κ1) is 22.1. The maximum atomic E-state index is 13.0. The lowest BCUT2D eigenvalue weighted by molar-refractivity contribution is -0.159. The second kappa shape index (κ2) is 8.78. The number of halogens is 4. The second-order valence-corrected chi connectivity index (χ2v) is 6.69. The van der Waals surface area contributed by atoms with Gasteiger partial charge >= 0.3 is 12.1 Å². The lowest BCUT2D eigenvalue weighted by atomic mass is 10.2. The molecule has 0 bridgehead atoms. The minimum absolute atomic E-state index is 0.00906. The molecule has 0 radical (unpaired) electrons. The molecule has 2 N–H and O–H groups in total. The van der Waals surface area contributed by atoms with Crippen LogP contribution in [-0.4, -0.2) is 37.7 Å². The van der Waals surface area contributed by atoms with Gasteiger partial charge in [0.2, 0.25) is 11.7 Å². The van der Waals surface area contributed by atoms with E-state index in [1.54, 1.807) is 0 Å². The molecule has 0 spiro atoms. The molecule has 170 valence electrons. The molecule has 3 aromatic heterocycles. The molecule has 9 nitrogen and oxygen atoms in total. The van der Waals surface area contributed by atoms with Crippen LogP contribution in [0.5, 0.6) is 0 Å². The molecule has 4 aromatic rings. The van der Waals surface area contributed by atoms with Crippen LogP contribution in [0.15, 0.2) is 57.9 Å². The van der Waals surface area contributed by atoms with Gasteiger partial charge in [-0.2, -0.15) is 18.2 Å². The summed E-state index contributed by atoms with van der Waals surface area (Å²) >= 11 is 0. The molecular formula is C20H13F4N5O4. The van der Waals surface area contributed by atoms with Crippen molar-refractivity contribution in [1.29, 1.82) is 0 Å². The monoisotopic (exact) mass is 463 g/mol. The predicted molar refractivity (Wildman–Crippen MR) is 102 cm³/mol. The average molecular weight is 463 g/mol. The van der Waals surface area contributed by atoms with Gasteiger partial charge in [0.05, 0.1) is 5.56 Å². The molecule has 0 aliphatic carbocycles. The van der Waals surface area contributed by atoms with Crippen molar-refractivity contribution in [3.8, 4) is 22.8 Å². The first-order valence-corrected chi connectivity index (χ1v) is 9.24. The van der Waals surface area contributed by atoms with Crippen LogP contribution in [0, 0.1) is 5.82 Å². The Labute approximate surface area is 182 Å². The minimum atomic E-state index is -4.80. The van der Waals surface area contributed by atoms with Crippen molar-refractivity contribution in [2.24, 2.45) is 0 Å². The highest BCUT2D eigenvalue weighted by Gasteiger charge is 2.38. The maximum Gasteiger partial charge on any atom is 0.471 e. The van der Waals surface area contributed by atoms with E-state index in [1.807, 2.05) is 0 Å². The van der Waals surface area contributed by atoms with Crippen molar-refractivity contribution in [1.82, 2.24) is 25.4 Å². The van der Waals surface area contributed by atoms with Crippen LogP contribution in [-0.2, 0) is 6.18 Å². The highest BCUT2D eigenvalue weighted by molar-refractivity contribution is 5.94. The fraction of sp³-hybridized carbons (Fsp3) is 0.150. The Balaban J connectivity index is 1.40. The number of amides is 1. The number of benzene rings is 1. The molecule has 4 rings (SSSR count). The van der Waals surface area contributed by atoms with E-state index in [1.165, 1.54) is 49.0 Å². The molecule has 33 heavy (non-hydrogen) atoms. The second-order valence-electron chi connectivity index (χ2n) is 6.69. The number of hydrogen-bond donors (Lipinski definition) is 2. The molecule has 1 unspecified atom stereocenters. The molecule has 0 saturated heterocycles. The van der Waals surface area contributed by atoms with Crippen molar-refractivity contribution in [2.75, 3.05) is 6.54 Å². The van der Waals surface area contributed by atoms with E-state index in [0.29, 0.717) is 5.56 Å². The van der Waals surface area contributed by atoms with Crippen LogP contribution in [0.2, 0.25) is 0 Å². The Morgan fingerprint density at radius 1 is 1.12 bits per heavy atom. The summed E-state index contributed by atoms with van der Waals surface area (Å²) in [5, 5.41) is 16.0. The highest BCUT2D eigenvalue weighted by atomic mass is 19.4. The summed E-state index contributed by atoms with van der Waals surface area (Å²) in [5.74, 6) is -2.84. The average Bonchev–Trinajstić information content (AvgIpc) is 3.48. The molecule has 1 atom stereocenters. The number of oxazole rings is 1. The third-order valence-corrected chi connectivity index (χ3v) is 4.34. The standard InChI is InChI=1S/C20H13F4N5O4/c21-13-3-1-10(2-4-13)18-27-14(9-32-18)15(30)8-26-17(31)12-5-11(6-25-7-12)16-28-19(33-29-16)20(22,23)24/h1-7,9,15,30H,8H2,(H,26,31). The molecule has 0 aliphatic rings. The van der Waals surface area contributed by atoms with Crippen LogP contribution < -0.4 is 5.32 Å². The molecular weight excluding hydrogens is 450 g/mol. The van der Waals surface area contributed by atoms with Gasteiger partial charge in [-0.1, -0.05) is 5.16 Å². The first-order chi connectivity index (χ1) is 15.7. The number of rotatable bonds is 6. The van der Waals surface area contributed by atoms with Gasteiger partial charge < -0.3 is 19.4 Å². The van der Waals surface area contributed by atoms with Gasteiger partial charge in [-0.05, 0) is 30.3 Å². The zero-order chi connectivity index (χ0) is 23.6. The minimum Gasteiger partial charge on any atom is -0.444 e. The topological polar surface area (TPSA) is 127 Å². The number of aliphatic hydroxyl groups is 1. The Bertz CT molecular complexity index is 1270. The first-order valence-electron chi connectivity index (χ1n) is 9.24. The Morgan fingerprint density at radius 3 is 2.58 bits per heavy atom. The molecule has 13 heteroatoms. The molecule has 1 amide bonds. The maximum absolute atomic E-state index is 13.0. The largest absolute Gasteiger partial charge is 0.471 e. The lowest BCUT2D eigenvalue weighted by Gasteiger charge is -2.09. The number of nitrogens with zero attached hydrogens (tertiary/aromatic N) is 4. The third-order valence-electron chi connectivity index (χ3n) is 4.34. The van der Waals surface area contributed by atoms with Gasteiger partial charge in [0.15, 0.2) is 0 Å². The van der Waals surface area contributed by atoms with Gasteiger partial charge in [-0.15, -0.1) is 0 Å². The fourth-order valence-electron chi connectivity index (χ4n) is 2.70. The zero-order valence-corrected chi connectivity index (χ0v) is 16.4. The Hall–Kier alpha value is -4.13. The quantitative estimate of drug-likeness (QED) is 0.417. The molecule has 0 saturated carbocycles. The zero-order valence-electron chi connectivity index (χ0n) is 16.4. The number of pyridine rings is 1. The van der Waals surface area contributed by atoms with Crippen LogP contribution in [0.4, 0.5) is 17.6 Å². The molecule has 3 heterocycles. The Morgan fingerprint density at radius 2 is 1.88 bits per heavy atom. The van der Waals surface area contributed by atoms with E-state index in [-0.39, 0.29) is 35.1 Å². The highest BCUT2D eigenvalue weighted by Crippen LogP contribution is 2.29. The summed E-state index contributed by atoms with van der Waals surface area (Å²) in [4.78, 5) is 23.6. The van der Waals surface area contributed by atoms with Gasteiger partial charge in [0, 0.05) is 30.1 Å². The molecule has 1 aromatic carbocycles. The third kappa shape index (κ3) is 5.03. The van der Waals surface area contributed by atoms with Crippen LogP contribution in [0.1, 0.15) is 28.0 Å². The number of aromatic nitrogens is 4. The van der Waals surface area contributed by atoms with Crippen molar-refractivity contribution in [3.63, 3.8) is 0 Å². The van der Waals surface area contributed by atoms with Crippen molar-refractivity contribution >= 4 is 5.91 Å². The summed E-state index contributed by atoms with van der Waals surface area (Å²) in [6.45, 7) is -0.251. The number of carbonyl (C=O) groups is 1. The van der Waals surface area contributed by atoms with Crippen molar-refractivity contribution in [2.45, 2.75) is 12.3 Å². The van der Waals surface area contributed by atoms with Gasteiger partial charge in [0.25, 0.3) is 5.91 Å². The van der Waals surface area contributed by atoms with E-state index in [4.69, 9.17) is 4.42 Å². The van der Waals surface area contributed by atoms with Gasteiger partial charge in [0.1, 0.15) is 23.9 Å². The summed E-state index contributed by atoms with van der Waals surface area (Å²) < 4.78 is 60.4. The van der Waals surface area contributed by atoms with E-state index < -0.39 is 29.9 Å². The van der Waals surface area contributed by atoms with Crippen LogP contribution in [0.25, 0.3) is 22.8 Å². The van der Waals surface area contributed by atoms with Crippen LogP contribution >= 0.6 is 0 Å². The van der Waals surface area contributed by atoms with E-state index in [9.17, 15) is 27.5 Å². The summed E-state index contributed by atoms with van der Waals surface area (Å²) in [7, 11) is 0. The van der Waals surface area contributed by atoms with Gasteiger partial charge in [-0.25, -0.2) is 9.37 Å². The predicted octanol–water partition coefficient (Wildman–Crippen LogP) is 3.41. The normalized spacial score (nSPS) is 12.5. The smallest absolute Gasteiger partial charge is 0.444 e. The van der Waals surface area contributed by atoms with Gasteiger partial charge in [-0.3, -0.25) is 9.78 Å². The number of nitrogens with one attached hydrogen (secondary N) is 1. The summed E-state index contributed by atoms with van der Waals surface area (Å²) in [5.41, 5.74) is 0.651. The summed E-state index contributed by atoms with van der Waals surface area (Å²) in [6.07, 6.45) is -2.48. The van der Waals surface area contributed by atoms with E-state index >= 15 is 0 Å². The number of carbonyl (C=O) groups excluding carboxylic acids is 1. The molecule has 0 aliphatic heterocycles. The number of aliphatic hydroxyl groups excluding tert-OH is 1. The summed E-state index contributed by atoms with van der Waals surface area (Å²) in [6, 6.07) is 6.61. The SMILES string of the molecule is O=C(NCC(O)c1coc(-c2ccc(F)cc2)n1)c1cncc(-c2noc(C(F)(F)F)n2)c1. The van der Waals surface area contributed by atoms with E-state index in [2.05, 4.69) is 29.9 Å². The Kier molecular flexibility index (Phi) is 5.87. The van der Waals surface area contributed by atoms with Crippen molar-refractivity contribution in [3.05, 3.63) is 72.0 Å². The van der Waals surface area contributed by atoms with E-state index in [0.717, 1.165) is 0 Å². The molecule has 0 fully saturated rings.